The van der Waals surface area contributed by atoms with Crippen LogP contribution in [-0.2, 0) is 0 Å². The normalized spacial score (nSPS) is 16.7. The zero-order valence-corrected chi connectivity index (χ0v) is 10.2. The second-order valence-corrected chi connectivity index (χ2v) is 4.54. The van der Waals surface area contributed by atoms with Gasteiger partial charge in [-0.1, -0.05) is 6.07 Å². The van der Waals surface area contributed by atoms with Crippen molar-refractivity contribution in [3.8, 4) is 0 Å². The molecule has 1 saturated heterocycles. The van der Waals surface area contributed by atoms with Crippen LogP contribution >= 0.6 is 0 Å². The molecule has 1 unspecified atom stereocenters. The number of hydrogen-bond acceptors (Lipinski definition) is 1. The van der Waals surface area contributed by atoms with Crippen LogP contribution in [0.3, 0.4) is 0 Å². The molecule has 18 heavy (non-hydrogen) atoms. The molecule has 0 saturated carbocycles. The Balaban J connectivity index is 2.00. The van der Waals surface area contributed by atoms with Crippen LogP contribution in [0.4, 0.5) is 13.6 Å². The van der Waals surface area contributed by atoms with E-state index in [1.54, 1.807) is 11.8 Å². The van der Waals surface area contributed by atoms with Crippen molar-refractivity contribution in [3.05, 3.63) is 35.4 Å². The second kappa shape index (κ2) is 5.33. The summed E-state index contributed by atoms with van der Waals surface area (Å²) in [6.07, 6.45) is 2.04. The van der Waals surface area contributed by atoms with Gasteiger partial charge in [-0.05, 0) is 37.5 Å². The molecule has 0 bridgehead atoms. The van der Waals surface area contributed by atoms with Gasteiger partial charge < -0.3 is 10.2 Å². The molecule has 0 aromatic heterocycles. The molecule has 5 heteroatoms. The summed E-state index contributed by atoms with van der Waals surface area (Å²) in [5, 5.41) is 2.78. The summed E-state index contributed by atoms with van der Waals surface area (Å²) in [6, 6.07) is 3.18. The number of likely N-dealkylation sites (tertiary alicyclic amines) is 1. The van der Waals surface area contributed by atoms with E-state index in [1.807, 2.05) is 0 Å². The third kappa shape index (κ3) is 2.78. The van der Waals surface area contributed by atoms with Gasteiger partial charge in [0.2, 0.25) is 0 Å². The molecule has 98 valence electrons. The summed E-state index contributed by atoms with van der Waals surface area (Å²) in [5.74, 6) is -1.77. The molecule has 0 radical (unpaired) electrons. The molecule has 1 atom stereocenters. The van der Waals surface area contributed by atoms with Crippen molar-refractivity contribution in [2.45, 2.75) is 25.8 Å². The van der Waals surface area contributed by atoms with Gasteiger partial charge in [0.1, 0.15) is 0 Å². The standard InChI is InChI=1S/C13H16F2N2O/c1-9(10-4-5-11(14)12(15)8-10)16-13(18)17-6-2-3-7-17/h4-5,8-9H,2-3,6-7H2,1H3,(H,16,18). The molecule has 1 aliphatic heterocycles. The van der Waals surface area contributed by atoms with E-state index in [2.05, 4.69) is 5.32 Å². The van der Waals surface area contributed by atoms with E-state index in [1.165, 1.54) is 6.07 Å². The Labute approximate surface area is 105 Å². The largest absolute Gasteiger partial charge is 0.331 e. The quantitative estimate of drug-likeness (QED) is 0.864. The molecule has 1 aromatic carbocycles. The predicted octanol–water partition coefficient (Wildman–Crippen LogP) is 2.83. The summed E-state index contributed by atoms with van der Waals surface area (Å²) in [7, 11) is 0. The predicted molar refractivity (Wildman–Crippen MR) is 64.1 cm³/mol. The van der Waals surface area contributed by atoms with Gasteiger partial charge in [-0.2, -0.15) is 0 Å². The van der Waals surface area contributed by atoms with Crippen LogP contribution < -0.4 is 5.32 Å². The fraction of sp³-hybridized carbons (Fsp3) is 0.462. The van der Waals surface area contributed by atoms with Crippen LogP contribution in [0.25, 0.3) is 0 Å². The second-order valence-electron chi connectivity index (χ2n) is 4.54. The van der Waals surface area contributed by atoms with Gasteiger partial charge in [0, 0.05) is 13.1 Å². The molecule has 1 heterocycles. The van der Waals surface area contributed by atoms with Crippen LogP contribution in [0.2, 0.25) is 0 Å². The molecular weight excluding hydrogens is 238 g/mol. The Morgan fingerprint density at radius 1 is 1.28 bits per heavy atom. The Kier molecular flexibility index (Phi) is 3.79. The molecule has 1 aromatic rings. The van der Waals surface area contributed by atoms with Crippen LogP contribution in [-0.4, -0.2) is 24.0 Å². The Hall–Kier alpha value is -1.65. The highest BCUT2D eigenvalue weighted by Gasteiger charge is 2.20. The molecular formula is C13H16F2N2O. The highest BCUT2D eigenvalue weighted by atomic mass is 19.2. The van der Waals surface area contributed by atoms with Crippen molar-refractivity contribution in [2.75, 3.05) is 13.1 Å². The topological polar surface area (TPSA) is 32.3 Å². The molecule has 0 aliphatic carbocycles. The zero-order valence-electron chi connectivity index (χ0n) is 10.2. The zero-order chi connectivity index (χ0) is 13.1. The maximum atomic E-state index is 13.1. The lowest BCUT2D eigenvalue weighted by molar-refractivity contribution is 0.205. The monoisotopic (exact) mass is 254 g/mol. The summed E-state index contributed by atoms with van der Waals surface area (Å²) in [5.41, 5.74) is 0.557. The number of urea groups is 1. The summed E-state index contributed by atoms with van der Waals surface area (Å²) >= 11 is 0. The van der Waals surface area contributed by atoms with Gasteiger partial charge in [0.25, 0.3) is 0 Å². The van der Waals surface area contributed by atoms with Crippen molar-refractivity contribution in [1.29, 1.82) is 0 Å². The van der Waals surface area contributed by atoms with E-state index < -0.39 is 11.6 Å². The van der Waals surface area contributed by atoms with Crippen LogP contribution in [0.15, 0.2) is 18.2 Å². The summed E-state index contributed by atoms with van der Waals surface area (Å²) < 4.78 is 25.9. The van der Waals surface area contributed by atoms with Crippen LogP contribution in [0.1, 0.15) is 31.4 Å². The van der Waals surface area contributed by atoms with Gasteiger partial charge in [0.05, 0.1) is 6.04 Å². The van der Waals surface area contributed by atoms with Crippen molar-refractivity contribution >= 4 is 6.03 Å². The maximum Gasteiger partial charge on any atom is 0.317 e. The lowest BCUT2D eigenvalue weighted by atomic mass is 10.1. The van der Waals surface area contributed by atoms with E-state index >= 15 is 0 Å². The molecule has 1 aliphatic rings. The lowest BCUT2D eigenvalue weighted by Crippen LogP contribution is -2.39. The third-order valence-corrected chi connectivity index (χ3v) is 3.18. The Bertz CT molecular complexity index is 445. The number of halogens is 2. The molecule has 3 nitrogen and oxygen atoms in total. The number of carbonyl (C=O) groups is 1. The van der Waals surface area contributed by atoms with Crippen LogP contribution in [0, 0.1) is 11.6 Å². The first-order valence-corrected chi connectivity index (χ1v) is 6.08. The lowest BCUT2D eigenvalue weighted by Gasteiger charge is -2.20. The number of amides is 2. The van der Waals surface area contributed by atoms with E-state index in [0.29, 0.717) is 5.56 Å². The average Bonchev–Trinajstić information content (AvgIpc) is 2.86. The van der Waals surface area contributed by atoms with E-state index in [0.717, 1.165) is 38.1 Å². The SMILES string of the molecule is CC(NC(=O)N1CCCC1)c1ccc(F)c(F)c1. The fourth-order valence-electron chi connectivity index (χ4n) is 2.06. The minimum atomic E-state index is -0.894. The Morgan fingerprint density at radius 3 is 2.56 bits per heavy atom. The van der Waals surface area contributed by atoms with Gasteiger partial charge in [0.15, 0.2) is 11.6 Å². The van der Waals surface area contributed by atoms with Gasteiger partial charge >= 0.3 is 6.03 Å². The highest BCUT2D eigenvalue weighted by Crippen LogP contribution is 2.17. The third-order valence-electron chi connectivity index (χ3n) is 3.18. The van der Waals surface area contributed by atoms with E-state index in [9.17, 15) is 13.6 Å². The Morgan fingerprint density at radius 2 is 1.94 bits per heavy atom. The first-order chi connectivity index (χ1) is 8.58. The minimum Gasteiger partial charge on any atom is -0.331 e. The molecule has 1 fully saturated rings. The van der Waals surface area contributed by atoms with E-state index in [4.69, 9.17) is 0 Å². The summed E-state index contributed by atoms with van der Waals surface area (Å²) in [6.45, 7) is 3.27. The van der Waals surface area contributed by atoms with Crippen molar-refractivity contribution in [1.82, 2.24) is 10.2 Å². The molecule has 1 N–H and O–H groups in total. The number of hydrogen-bond donors (Lipinski definition) is 1. The minimum absolute atomic E-state index is 0.148. The number of benzene rings is 1. The van der Waals surface area contributed by atoms with Gasteiger partial charge in [-0.15, -0.1) is 0 Å². The van der Waals surface area contributed by atoms with Gasteiger partial charge in [-0.25, -0.2) is 13.6 Å². The van der Waals surface area contributed by atoms with Gasteiger partial charge in [-0.3, -0.25) is 0 Å². The number of nitrogens with zero attached hydrogens (tertiary/aromatic N) is 1. The molecule has 0 spiro atoms. The van der Waals surface area contributed by atoms with E-state index in [-0.39, 0.29) is 12.1 Å². The molecule has 2 amide bonds. The van der Waals surface area contributed by atoms with Crippen LogP contribution in [0.5, 0.6) is 0 Å². The van der Waals surface area contributed by atoms with Crippen molar-refractivity contribution in [2.24, 2.45) is 0 Å². The van der Waals surface area contributed by atoms with Crippen molar-refractivity contribution < 1.29 is 13.6 Å². The first-order valence-electron chi connectivity index (χ1n) is 6.08. The summed E-state index contributed by atoms with van der Waals surface area (Å²) in [4.78, 5) is 13.6. The number of nitrogens with one attached hydrogen (secondary N) is 1. The maximum absolute atomic E-state index is 13.1. The average molecular weight is 254 g/mol. The first kappa shape index (κ1) is 12.8. The number of carbonyl (C=O) groups excluding carboxylic acids is 1. The number of rotatable bonds is 2. The van der Waals surface area contributed by atoms with Crippen molar-refractivity contribution in [3.63, 3.8) is 0 Å². The molecule has 2 rings (SSSR count). The highest BCUT2D eigenvalue weighted by molar-refractivity contribution is 5.74. The fourth-order valence-corrected chi connectivity index (χ4v) is 2.06. The smallest absolute Gasteiger partial charge is 0.317 e.